The van der Waals surface area contributed by atoms with E-state index in [4.69, 9.17) is 17.0 Å². The summed E-state index contributed by atoms with van der Waals surface area (Å²) >= 11 is 6.96. The summed E-state index contributed by atoms with van der Waals surface area (Å²) in [6, 6.07) is 8.20. The summed E-state index contributed by atoms with van der Waals surface area (Å²) in [6.45, 7) is 1.43. The second-order valence-electron chi connectivity index (χ2n) is 8.52. The number of halogens is 4. The number of carbonyl (C=O) groups excluding carboxylic acids is 2. The SMILES string of the molecule is CNC(=O)[C@H]1CN(C2=NC(=O)/C(=C/c3ccc(NCc4ccc(Cl)cc4C(F)(F)F)c(C=N)c3)S2)CCN1. The normalized spacial score (nSPS) is 18.9. The minimum atomic E-state index is -4.55. The van der Waals surface area contributed by atoms with Crippen molar-refractivity contribution >= 4 is 58.3 Å². The van der Waals surface area contributed by atoms with E-state index in [1.807, 2.05) is 4.90 Å². The highest BCUT2D eigenvalue weighted by Gasteiger charge is 2.34. The number of likely N-dealkylation sites (N-methyl/N-ethyl adjacent to an activating group) is 1. The molecule has 1 fully saturated rings. The maximum absolute atomic E-state index is 13.4. The number of rotatable bonds is 6. The van der Waals surface area contributed by atoms with Crippen molar-refractivity contribution in [3.8, 4) is 0 Å². The summed E-state index contributed by atoms with van der Waals surface area (Å²) in [4.78, 5) is 31.0. The molecule has 200 valence electrons. The zero-order valence-electron chi connectivity index (χ0n) is 20.2. The zero-order chi connectivity index (χ0) is 27.4. The van der Waals surface area contributed by atoms with Gasteiger partial charge in [0.15, 0.2) is 5.17 Å². The fraction of sp³-hybridized carbons (Fsp3) is 0.280. The lowest BCUT2D eigenvalue weighted by Gasteiger charge is -2.33. The highest BCUT2D eigenvalue weighted by molar-refractivity contribution is 8.18. The smallest absolute Gasteiger partial charge is 0.380 e. The third kappa shape index (κ3) is 6.37. The number of amides is 2. The summed E-state index contributed by atoms with van der Waals surface area (Å²) in [5.41, 5.74) is 0.733. The van der Waals surface area contributed by atoms with Gasteiger partial charge in [0.2, 0.25) is 5.91 Å². The molecule has 2 aliphatic rings. The molecule has 2 heterocycles. The topological polar surface area (TPSA) is 110 Å². The average molecular weight is 565 g/mol. The van der Waals surface area contributed by atoms with Gasteiger partial charge in [-0.1, -0.05) is 23.7 Å². The van der Waals surface area contributed by atoms with Crippen molar-refractivity contribution in [1.29, 1.82) is 5.41 Å². The first-order valence-electron chi connectivity index (χ1n) is 11.6. The number of thioether (sulfide) groups is 1. The van der Waals surface area contributed by atoms with E-state index >= 15 is 0 Å². The van der Waals surface area contributed by atoms with Crippen LogP contribution in [0, 0.1) is 5.41 Å². The minimum Gasteiger partial charge on any atom is -0.380 e. The molecule has 4 N–H and O–H groups in total. The standard InChI is InChI=1S/C25H24ClF3N6O2S/c1-31-22(36)20-13-35(7-6-32-20)24-34-23(37)21(38-24)9-14-2-5-19(16(8-14)11-30)33-12-15-3-4-17(26)10-18(15)25(27,28)29/h2-5,8-11,20,30,32-33H,6-7,12-13H2,1H3,(H,31,36)/b21-9-,30-11?/t20-/m1/s1. The van der Waals surface area contributed by atoms with Crippen LogP contribution in [0.5, 0.6) is 0 Å². The molecule has 2 aromatic carbocycles. The molecular weight excluding hydrogens is 541 g/mol. The molecule has 13 heteroatoms. The van der Waals surface area contributed by atoms with Crippen LogP contribution >= 0.6 is 23.4 Å². The zero-order valence-corrected chi connectivity index (χ0v) is 21.7. The number of hydrogen-bond acceptors (Lipinski definition) is 7. The van der Waals surface area contributed by atoms with Crippen LogP contribution < -0.4 is 16.0 Å². The molecule has 2 amide bonds. The Morgan fingerprint density at radius 2 is 2.11 bits per heavy atom. The first-order valence-corrected chi connectivity index (χ1v) is 12.7. The molecule has 38 heavy (non-hydrogen) atoms. The van der Waals surface area contributed by atoms with Gasteiger partial charge >= 0.3 is 6.18 Å². The maximum atomic E-state index is 13.4. The van der Waals surface area contributed by atoms with Gasteiger partial charge in [0.25, 0.3) is 5.91 Å². The van der Waals surface area contributed by atoms with E-state index in [9.17, 15) is 22.8 Å². The van der Waals surface area contributed by atoms with Crippen LogP contribution in [0.1, 0.15) is 22.3 Å². The van der Waals surface area contributed by atoms with E-state index < -0.39 is 23.7 Å². The summed E-state index contributed by atoms with van der Waals surface area (Å²) in [5, 5.41) is 17.0. The first-order chi connectivity index (χ1) is 18.1. The number of alkyl halides is 3. The van der Waals surface area contributed by atoms with Crippen molar-refractivity contribution in [3.05, 3.63) is 68.6 Å². The lowest BCUT2D eigenvalue weighted by molar-refractivity contribution is -0.138. The number of carbonyl (C=O) groups is 2. The summed E-state index contributed by atoms with van der Waals surface area (Å²) in [7, 11) is 1.57. The van der Waals surface area contributed by atoms with Gasteiger partial charge in [-0.3, -0.25) is 9.59 Å². The Morgan fingerprint density at radius 3 is 2.82 bits per heavy atom. The van der Waals surface area contributed by atoms with Crippen molar-refractivity contribution in [2.24, 2.45) is 4.99 Å². The molecule has 8 nitrogen and oxygen atoms in total. The van der Waals surface area contributed by atoms with Crippen LogP contribution in [0.4, 0.5) is 18.9 Å². The van der Waals surface area contributed by atoms with Crippen molar-refractivity contribution in [1.82, 2.24) is 15.5 Å². The predicted octanol–water partition coefficient (Wildman–Crippen LogP) is 3.96. The molecule has 0 unspecified atom stereocenters. The summed E-state index contributed by atoms with van der Waals surface area (Å²) in [6.07, 6.45) is -1.81. The Kier molecular flexibility index (Phi) is 8.44. The molecule has 0 aromatic heterocycles. The number of aliphatic imine (C=N–C) groups is 1. The highest BCUT2D eigenvalue weighted by Crippen LogP contribution is 2.35. The van der Waals surface area contributed by atoms with Gasteiger partial charge < -0.3 is 26.3 Å². The van der Waals surface area contributed by atoms with E-state index in [1.54, 1.807) is 31.3 Å². The lowest BCUT2D eigenvalue weighted by atomic mass is 10.1. The molecule has 0 spiro atoms. The van der Waals surface area contributed by atoms with Gasteiger partial charge in [0.1, 0.15) is 6.04 Å². The van der Waals surface area contributed by atoms with E-state index in [0.717, 1.165) is 12.3 Å². The molecule has 0 radical (unpaired) electrons. The predicted molar refractivity (Wildman–Crippen MR) is 144 cm³/mol. The van der Waals surface area contributed by atoms with Crippen molar-refractivity contribution in [3.63, 3.8) is 0 Å². The molecule has 0 aliphatic carbocycles. The molecule has 2 aliphatic heterocycles. The van der Waals surface area contributed by atoms with Crippen LogP contribution in [-0.4, -0.2) is 60.8 Å². The number of hydrogen-bond donors (Lipinski definition) is 4. The highest BCUT2D eigenvalue weighted by atomic mass is 35.5. The van der Waals surface area contributed by atoms with Crippen LogP contribution in [0.15, 0.2) is 46.3 Å². The van der Waals surface area contributed by atoms with Gasteiger partial charge in [-0.05, 0) is 53.2 Å². The largest absolute Gasteiger partial charge is 0.416 e. The number of nitrogens with one attached hydrogen (secondary N) is 4. The molecule has 0 bridgehead atoms. The van der Waals surface area contributed by atoms with E-state index in [2.05, 4.69) is 20.9 Å². The fourth-order valence-corrected chi connectivity index (χ4v) is 5.19. The Bertz CT molecular complexity index is 1330. The number of amidine groups is 1. The number of benzene rings is 2. The van der Waals surface area contributed by atoms with Gasteiger partial charge in [0, 0.05) is 55.7 Å². The van der Waals surface area contributed by atoms with E-state index in [-0.39, 0.29) is 23.0 Å². The lowest BCUT2D eigenvalue weighted by Crippen LogP contribution is -2.57. The number of nitrogens with zero attached hydrogens (tertiary/aromatic N) is 2. The number of anilines is 1. The minimum absolute atomic E-state index is 0.00617. The molecular formula is C25H24ClF3N6O2S. The Labute approximate surface area is 226 Å². The summed E-state index contributed by atoms with van der Waals surface area (Å²) < 4.78 is 40.2. The van der Waals surface area contributed by atoms with Crippen LogP contribution in [0.25, 0.3) is 6.08 Å². The maximum Gasteiger partial charge on any atom is 0.416 e. The molecule has 0 saturated carbocycles. The fourth-order valence-electron chi connectivity index (χ4n) is 4.07. The Hall–Kier alpha value is -3.35. The third-order valence-corrected chi connectivity index (χ3v) is 7.27. The monoisotopic (exact) mass is 564 g/mol. The third-order valence-electron chi connectivity index (χ3n) is 5.99. The molecule has 1 saturated heterocycles. The first kappa shape index (κ1) is 27.7. The van der Waals surface area contributed by atoms with Gasteiger partial charge in [-0.15, -0.1) is 0 Å². The molecule has 2 aromatic rings. The summed E-state index contributed by atoms with van der Waals surface area (Å²) in [5.74, 6) is -0.542. The van der Waals surface area contributed by atoms with Gasteiger partial charge in [0.05, 0.1) is 10.5 Å². The molecule has 4 rings (SSSR count). The van der Waals surface area contributed by atoms with Crippen molar-refractivity contribution in [2.75, 3.05) is 32.0 Å². The number of piperazine rings is 1. The average Bonchev–Trinajstić information content (AvgIpc) is 3.27. The van der Waals surface area contributed by atoms with Gasteiger partial charge in [-0.2, -0.15) is 18.2 Å². The quantitative estimate of drug-likeness (QED) is 0.312. The van der Waals surface area contributed by atoms with Crippen LogP contribution in [-0.2, 0) is 22.3 Å². The van der Waals surface area contributed by atoms with E-state index in [0.29, 0.717) is 46.5 Å². The Morgan fingerprint density at radius 1 is 1.32 bits per heavy atom. The Balaban J connectivity index is 1.47. The second kappa shape index (κ2) is 11.6. The van der Waals surface area contributed by atoms with E-state index in [1.165, 1.54) is 23.9 Å². The van der Waals surface area contributed by atoms with Crippen molar-refractivity contribution < 1.29 is 22.8 Å². The van der Waals surface area contributed by atoms with Crippen LogP contribution in [0.2, 0.25) is 5.02 Å². The van der Waals surface area contributed by atoms with Crippen LogP contribution in [0.3, 0.4) is 0 Å². The van der Waals surface area contributed by atoms with Gasteiger partial charge in [-0.25, -0.2) is 0 Å². The second-order valence-corrected chi connectivity index (χ2v) is 9.97. The molecule has 1 atom stereocenters. The van der Waals surface area contributed by atoms with Crippen molar-refractivity contribution in [2.45, 2.75) is 18.8 Å².